The maximum absolute atomic E-state index is 12.8. The molecule has 0 saturated carbocycles. The lowest BCUT2D eigenvalue weighted by molar-refractivity contribution is -0.123. The summed E-state index contributed by atoms with van der Waals surface area (Å²) in [5.41, 5.74) is 3.70. The highest BCUT2D eigenvalue weighted by atomic mass is 35.5. The summed E-state index contributed by atoms with van der Waals surface area (Å²) in [5.74, 6) is 0.545. The molecule has 1 heterocycles. The van der Waals surface area contributed by atoms with Crippen molar-refractivity contribution in [3.8, 4) is 11.5 Å². The Balaban J connectivity index is 1.53. The summed E-state index contributed by atoms with van der Waals surface area (Å²) in [5, 5.41) is 0.0584. The molecule has 0 radical (unpaired) electrons. The lowest BCUT2D eigenvalue weighted by Crippen LogP contribution is -2.27. The molecule has 2 amide bonds. The van der Waals surface area contributed by atoms with Gasteiger partial charge in [-0.05, 0) is 53.6 Å². The van der Waals surface area contributed by atoms with Crippen molar-refractivity contribution in [2.24, 2.45) is 0 Å². The second-order valence-corrected chi connectivity index (χ2v) is 8.97. The van der Waals surface area contributed by atoms with Crippen molar-refractivity contribution >= 4 is 40.6 Å². The molecule has 0 unspecified atom stereocenters. The quantitative estimate of drug-likeness (QED) is 0.363. The van der Waals surface area contributed by atoms with Gasteiger partial charge >= 0.3 is 0 Å². The minimum atomic E-state index is -0.330. The minimum Gasteiger partial charge on any atom is -0.493 e. The molecular formula is C26H22ClNO4S. The van der Waals surface area contributed by atoms with Crippen molar-refractivity contribution in [2.75, 3.05) is 7.11 Å². The van der Waals surface area contributed by atoms with Crippen LogP contribution in [0.4, 0.5) is 4.79 Å². The standard InChI is InChI=1S/C26H22ClNO4S/c1-17-7-6-10-19(11-17)16-32-24-21(27)12-20(13-22(24)31-2)14-23-25(29)28(26(30)33-23)15-18-8-4-3-5-9-18/h3-14H,15-16H2,1-2H3/b23-14-. The molecular weight excluding hydrogens is 458 g/mol. The van der Waals surface area contributed by atoms with Crippen LogP contribution in [0.25, 0.3) is 6.08 Å². The van der Waals surface area contributed by atoms with Crippen molar-refractivity contribution in [3.05, 3.63) is 98.9 Å². The van der Waals surface area contributed by atoms with E-state index in [0.29, 0.717) is 33.6 Å². The van der Waals surface area contributed by atoms with Crippen LogP contribution in [0.2, 0.25) is 5.02 Å². The zero-order valence-corrected chi connectivity index (χ0v) is 19.8. The van der Waals surface area contributed by atoms with E-state index < -0.39 is 0 Å². The number of thioether (sulfide) groups is 1. The normalized spacial score (nSPS) is 14.8. The van der Waals surface area contributed by atoms with E-state index in [2.05, 4.69) is 0 Å². The van der Waals surface area contributed by atoms with Gasteiger partial charge in [-0.2, -0.15) is 0 Å². The highest BCUT2D eigenvalue weighted by Gasteiger charge is 2.35. The van der Waals surface area contributed by atoms with Gasteiger partial charge in [0, 0.05) is 0 Å². The molecule has 1 fully saturated rings. The Labute approximate surface area is 202 Å². The molecule has 0 aromatic heterocycles. The van der Waals surface area contributed by atoms with Crippen LogP contribution in [-0.4, -0.2) is 23.2 Å². The summed E-state index contributed by atoms with van der Waals surface area (Å²) in [6.07, 6.45) is 1.65. The largest absolute Gasteiger partial charge is 0.493 e. The Morgan fingerprint density at radius 2 is 1.76 bits per heavy atom. The van der Waals surface area contributed by atoms with Crippen LogP contribution in [0.15, 0.2) is 71.6 Å². The number of halogens is 1. The van der Waals surface area contributed by atoms with E-state index in [4.69, 9.17) is 21.1 Å². The predicted molar refractivity (Wildman–Crippen MR) is 131 cm³/mol. The Morgan fingerprint density at radius 3 is 2.48 bits per heavy atom. The fourth-order valence-electron chi connectivity index (χ4n) is 3.47. The maximum Gasteiger partial charge on any atom is 0.293 e. The molecule has 1 aliphatic rings. The van der Waals surface area contributed by atoms with Crippen molar-refractivity contribution in [3.63, 3.8) is 0 Å². The third kappa shape index (κ3) is 5.41. The monoisotopic (exact) mass is 479 g/mol. The molecule has 0 spiro atoms. The second kappa shape index (κ2) is 10.1. The van der Waals surface area contributed by atoms with Gasteiger partial charge in [0.2, 0.25) is 0 Å². The van der Waals surface area contributed by atoms with Crippen LogP contribution in [0.3, 0.4) is 0 Å². The van der Waals surface area contributed by atoms with E-state index >= 15 is 0 Å². The molecule has 1 aliphatic heterocycles. The van der Waals surface area contributed by atoms with Gasteiger partial charge in [0.05, 0.1) is 23.6 Å². The van der Waals surface area contributed by atoms with Crippen LogP contribution in [0, 0.1) is 6.92 Å². The average Bonchev–Trinajstić information content (AvgIpc) is 3.06. The van der Waals surface area contributed by atoms with Crippen LogP contribution < -0.4 is 9.47 Å². The van der Waals surface area contributed by atoms with E-state index in [0.717, 1.165) is 28.5 Å². The molecule has 0 bridgehead atoms. The summed E-state index contributed by atoms with van der Waals surface area (Å²) in [6.45, 7) is 2.60. The number of methoxy groups -OCH3 is 1. The van der Waals surface area contributed by atoms with Crippen LogP contribution in [0.5, 0.6) is 11.5 Å². The van der Waals surface area contributed by atoms with Gasteiger partial charge in [0.25, 0.3) is 11.1 Å². The van der Waals surface area contributed by atoms with Gasteiger partial charge in [-0.15, -0.1) is 0 Å². The summed E-state index contributed by atoms with van der Waals surface area (Å²) >= 11 is 7.41. The van der Waals surface area contributed by atoms with Crippen LogP contribution in [-0.2, 0) is 17.9 Å². The van der Waals surface area contributed by atoms with Gasteiger partial charge < -0.3 is 9.47 Å². The number of imide groups is 1. The van der Waals surface area contributed by atoms with Crippen LogP contribution >= 0.6 is 23.4 Å². The maximum atomic E-state index is 12.8. The predicted octanol–water partition coefficient (Wildman–Crippen LogP) is 6.47. The van der Waals surface area contributed by atoms with Crippen molar-refractivity contribution in [2.45, 2.75) is 20.1 Å². The van der Waals surface area contributed by atoms with Crippen molar-refractivity contribution in [1.29, 1.82) is 0 Å². The Morgan fingerprint density at radius 1 is 1.00 bits per heavy atom. The number of amides is 2. The van der Waals surface area contributed by atoms with Gasteiger partial charge in [-0.3, -0.25) is 14.5 Å². The first-order chi connectivity index (χ1) is 15.9. The van der Waals surface area contributed by atoms with E-state index in [1.54, 1.807) is 18.2 Å². The van der Waals surface area contributed by atoms with Crippen molar-refractivity contribution < 1.29 is 19.1 Å². The highest BCUT2D eigenvalue weighted by molar-refractivity contribution is 8.18. The average molecular weight is 480 g/mol. The smallest absolute Gasteiger partial charge is 0.293 e. The number of hydrogen-bond acceptors (Lipinski definition) is 5. The number of rotatable bonds is 7. The number of hydrogen-bond donors (Lipinski definition) is 0. The zero-order chi connectivity index (χ0) is 23.4. The summed E-state index contributed by atoms with van der Waals surface area (Å²) < 4.78 is 11.4. The Kier molecular flexibility index (Phi) is 7.06. The first-order valence-corrected chi connectivity index (χ1v) is 11.5. The molecule has 4 rings (SSSR count). The molecule has 0 N–H and O–H groups in total. The lowest BCUT2D eigenvalue weighted by atomic mass is 10.1. The lowest BCUT2D eigenvalue weighted by Gasteiger charge is -2.14. The topological polar surface area (TPSA) is 55.8 Å². The molecule has 1 saturated heterocycles. The number of benzene rings is 3. The summed E-state index contributed by atoms with van der Waals surface area (Å²) in [4.78, 5) is 26.9. The molecule has 33 heavy (non-hydrogen) atoms. The molecule has 3 aromatic carbocycles. The first-order valence-electron chi connectivity index (χ1n) is 10.3. The number of carbonyl (C=O) groups is 2. The fraction of sp³-hybridized carbons (Fsp3) is 0.154. The number of nitrogens with zero attached hydrogens (tertiary/aromatic N) is 1. The molecule has 3 aromatic rings. The van der Waals surface area contributed by atoms with E-state index in [-0.39, 0.29) is 17.7 Å². The molecule has 0 atom stereocenters. The second-order valence-electron chi connectivity index (χ2n) is 7.57. The number of carbonyl (C=O) groups excluding carboxylic acids is 2. The number of aryl methyl sites for hydroxylation is 1. The van der Waals surface area contributed by atoms with Crippen LogP contribution in [0.1, 0.15) is 22.3 Å². The molecule has 0 aliphatic carbocycles. The third-order valence-electron chi connectivity index (χ3n) is 5.07. The van der Waals surface area contributed by atoms with E-state index in [1.807, 2.05) is 61.5 Å². The summed E-state index contributed by atoms with van der Waals surface area (Å²) in [7, 11) is 1.53. The highest BCUT2D eigenvalue weighted by Crippen LogP contribution is 2.39. The fourth-order valence-corrected chi connectivity index (χ4v) is 4.59. The third-order valence-corrected chi connectivity index (χ3v) is 6.26. The zero-order valence-electron chi connectivity index (χ0n) is 18.2. The van der Waals surface area contributed by atoms with Gasteiger partial charge in [0.15, 0.2) is 11.5 Å². The Hall–Kier alpha value is -3.22. The molecule has 5 nitrogen and oxygen atoms in total. The van der Waals surface area contributed by atoms with Gasteiger partial charge in [0.1, 0.15) is 6.61 Å². The minimum absolute atomic E-state index is 0.235. The van der Waals surface area contributed by atoms with Gasteiger partial charge in [-0.25, -0.2) is 0 Å². The molecule has 7 heteroatoms. The molecule has 168 valence electrons. The number of ether oxygens (including phenoxy) is 2. The SMILES string of the molecule is COc1cc(/C=C2\SC(=O)N(Cc3ccccc3)C2=O)cc(Cl)c1OCc1cccc(C)c1. The first kappa shape index (κ1) is 23.0. The van der Waals surface area contributed by atoms with Gasteiger partial charge in [-0.1, -0.05) is 71.8 Å². The summed E-state index contributed by atoms with van der Waals surface area (Å²) in [6, 6.07) is 20.9. The van der Waals surface area contributed by atoms with Crippen molar-refractivity contribution in [1.82, 2.24) is 4.90 Å². The Bertz CT molecular complexity index is 1230. The van der Waals surface area contributed by atoms with E-state index in [1.165, 1.54) is 12.0 Å². The van der Waals surface area contributed by atoms with E-state index in [9.17, 15) is 9.59 Å².